The first-order chi connectivity index (χ1) is 6.95. The molecule has 0 amide bonds. The van der Waals surface area contributed by atoms with Crippen molar-refractivity contribution in [2.24, 2.45) is 5.73 Å². The minimum absolute atomic E-state index is 0.211. The van der Waals surface area contributed by atoms with Gasteiger partial charge < -0.3 is 16.0 Å². The fourth-order valence-electron chi connectivity index (χ4n) is 0.954. The zero-order chi connectivity index (χ0) is 11.8. The lowest BCUT2D eigenvalue weighted by Crippen LogP contribution is -2.24. The topological polar surface area (TPSA) is 110 Å². The third-order valence-electron chi connectivity index (χ3n) is 1.64. The monoisotopic (exact) mass is 214 g/mol. The van der Waals surface area contributed by atoms with E-state index in [0.29, 0.717) is 0 Å². The van der Waals surface area contributed by atoms with Crippen LogP contribution in [-0.4, -0.2) is 21.4 Å². The second-order valence-electron chi connectivity index (χ2n) is 2.95. The molecule has 0 spiro atoms. The molecule has 0 fully saturated rings. The summed E-state index contributed by atoms with van der Waals surface area (Å²) in [6.45, 7) is 1.79. The maximum absolute atomic E-state index is 9.47. The Morgan fingerprint density at radius 3 is 2.13 bits per heavy atom. The van der Waals surface area contributed by atoms with Crippen LogP contribution in [0.3, 0.4) is 0 Å². The number of benzene rings is 1. The molecule has 1 aromatic rings. The van der Waals surface area contributed by atoms with E-state index in [9.17, 15) is 5.11 Å². The first-order valence-electron chi connectivity index (χ1n) is 4.27. The van der Waals surface area contributed by atoms with Gasteiger partial charge in [0.05, 0.1) is 6.10 Å². The van der Waals surface area contributed by atoms with E-state index < -0.39 is 11.2 Å². The molecule has 0 aliphatic heterocycles. The minimum Gasteiger partial charge on any atom is -0.387 e. The summed E-state index contributed by atoms with van der Waals surface area (Å²) in [5, 5.41) is 23.1. The highest BCUT2D eigenvalue weighted by Gasteiger charge is 2.10. The van der Waals surface area contributed by atoms with Crippen LogP contribution in [-0.2, 0) is 0 Å². The summed E-state index contributed by atoms with van der Waals surface area (Å²) < 4.78 is 0. The average Bonchev–Trinajstić information content (AvgIpc) is 2.17. The van der Waals surface area contributed by atoms with Gasteiger partial charge in [0.25, 0.3) is 5.09 Å². The molecule has 0 unspecified atom stereocenters. The summed E-state index contributed by atoms with van der Waals surface area (Å²) in [5.41, 5.74) is 6.40. The molecule has 0 heterocycles. The van der Waals surface area contributed by atoms with Gasteiger partial charge in [0.2, 0.25) is 0 Å². The van der Waals surface area contributed by atoms with Crippen molar-refractivity contribution in [3.63, 3.8) is 0 Å². The van der Waals surface area contributed by atoms with Gasteiger partial charge in [-0.1, -0.05) is 30.3 Å². The first kappa shape index (κ1) is 13.3. The molecule has 0 saturated heterocycles. The Hall–Kier alpha value is -1.66. The minimum atomic E-state index is -1.50. The smallest absolute Gasteiger partial charge is 0.291 e. The van der Waals surface area contributed by atoms with Crippen LogP contribution in [0.15, 0.2) is 30.3 Å². The lowest BCUT2D eigenvalue weighted by Gasteiger charge is -2.13. The van der Waals surface area contributed by atoms with Crippen molar-refractivity contribution >= 4 is 0 Å². The lowest BCUT2D eigenvalue weighted by molar-refractivity contribution is -0.742. The van der Waals surface area contributed by atoms with Gasteiger partial charge in [-0.05, 0) is 12.5 Å². The van der Waals surface area contributed by atoms with Crippen LogP contribution in [0.5, 0.6) is 0 Å². The van der Waals surface area contributed by atoms with E-state index in [2.05, 4.69) is 0 Å². The highest BCUT2D eigenvalue weighted by atomic mass is 16.9. The fraction of sp³-hybridized carbons (Fsp3) is 0.333. The first-order valence-corrected chi connectivity index (χ1v) is 4.27. The second-order valence-corrected chi connectivity index (χ2v) is 2.95. The summed E-state index contributed by atoms with van der Waals surface area (Å²) in [7, 11) is 0. The molecule has 0 radical (unpaired) electrons. The summed E-state index contributed by atoms with van der Waals surface area (Å²) in [6, 6.07) is 9.22. The van der Waals surface area contributed by atoms with Gasteiger partial charge in [0.1, 0.15) is 0 Å². The summed E-state index contributed by atoms with van der Waals surface area (Å²) in [4.78, 5) is 8.36. The zero-order valence-corrected chi connectivity index (χ0v) is 8.28. The van der Waals surface area contributed by atoms with Crippen molar-refractivity contribution in [2.45, 2.75) is 19.1 Å². The van der Waals surface area contributed by atoms with Gasteiger partial charge >= 0.3 is 0 Å². The molecule has 0 saturated carbocycles. The lowest BCUT2D eigenvalue weighted by atomic mass is 10.0. The quantitative estimate of drug-likeness (QED) is 0.496. The van der Waals surface area contributed by atoms with Gasteiger partial charge in [-0.15, -0.1) is 10.1 Å². The molecule has 0 aliphatic carbocycles. The van der Waals surface area contributed by atoms with Crippen molar-refractivity contribution in [2.75, 3.05) is 0 Å². The number of aliphatic hydroxyl groups is 1. The summed E-state index contributed by atoms with van der Waals surface area (Å²) >= 11 is 0. The number of rotatable bonds is 2. The molecule has 15 heavy (non-hydrogen) atoms. The molecule has 6 nitrogen and oxygen atoms in total. The van der Waals surface area contributed by atoms with Gasteiger partial charge in [0.15, 0.2) is 0 Å². The third-order valence-corrected chi connectivity index (χ3v) is 1.64. The molecule has 0 aliphatic rings. The number of hydrogen-bond donors (Lipinski definition) is 3. The number of hydrogen-bond acceptors (Lipinski definition) is 4. The summed E-state index contributed by atoms with van der Waals surface area (Å²) in [5.74, 6) is 0. The molecule has 6 heteroatoms. The molecule has 1 rings (SSSR count). The van der Waals surface area contributed by atoms with E-state index >= 15 is 0 Å². The highest BCUT2D eigenvalue weighted by molar-refractivity contribution is 5.18. The third kappa shape index (κ3) is 6.42. The second kappa shape index (κ2) is 6.74. The molecule has 0 bridgehead atoms. The van der Waals surface area contributed by atoms with Crippen molar-refractivity contribution in [3.8, 4) is 0 Å². The maximum atomic E-state index is 9.47. The predicted octanol–water partition coefficient (Wildman–Crippen LogP) is 0.720. The Bertz CT molecular complexity index is 285. The Morgan fingerprint density at radius 2 is 1.80 bits per heavy atom. The highest BCUT2D eigenvalue weighted by Crippen LogP contribution is 2.13. The molecule has 84 valence electrons. The van der Waals surface area contributed by atoms with Crippen molar-refractivity contribution in [1.29, 1.82) is 0 Å². The van der Waals surface area contributed by atoms with Crippen molar-refractivity contribution < 1.29 is 15.4 Å². The van der Waals surface area contributed by atoms with E-state index in [-0.39, 0.29) is 6.04 Å². The average molecular weight is 214 g/mol. The fourth-order valence-corrected chi connectivity index (χ4v) is 0.954. The Balaban J connectivity index is 0.000000423. The van der Waals surface area contributed by atoms with Gasteiger partial charge in [-0.2, -0.15) is 0 Å². The molecule has 0 aromatic heterocycles. The SMILES string of the molecule is C[C@@H](N)[C@@H](O)c1ccccc1.O=[N+]([O-])O. The van der Waals surface area contributed by atoms with Crippen LogP contribution in [0.25, 0.3) is 0 Å². The maximum Gasteiger partial charge on any atom is 0.291 e. The van der Waals surface area contributed by atoms with E-state index in [1.54, 1.807) is 6.92 Å². The standard InChI is InChI=1S/C9H13NO.HNO3/c1-7(10)9(11)8-5-3-2-4-6-8;2-1(3)4/h2-7,9,11H,10H2,1H3;(H,2,3,4)/t7-,9-;/m1./s1. The molecule has 4 N–H and O–H groups in total. The molecular formula is C9H14N2O4. The van der Waals surface area contributed by atoms with E-state index in [1.807, 2.05) is 30.3 Å². The Labute approximate surface area is 87.1 Å². The molecule has 1 aromatic carbocycles. The number of aliphatic hydroxyl groups excluding tert-OH is 1. The van der Waals surface area contributed by atoms with Gasteiger partial charge in [-0.25, -0.2) is 0 Å². The van der Waals surface area contributed by atoms with Crippen molar-refractivity contribution in [1.82, 2.24) is 0 Å². The van der Waals surface area contributed by atoms with Crippen LogP contribution in [0.2, 0.25) is 0 Å². The molecule has 2 atom stereocenters. The Morgan fingerprint density at radius 1 is 1.40 bits per heavy atom. The van der Waals surface area contributed by atoms with E-state index in [4.69, 9.17) is 21.1 Å². The van der Waals surface area contributed by atoms with Crippen LogP contribution < -0.4 is 5.73 Å². The normalized spacial score (nSPS) is 13.3. The summed E-state index contributed by atoms with van der Waals surface area (Å²) in [6.07, 6.45) is -0.545. The van der Waals surface area contributed by atoms with E-state index in [1.165, 1.54) is 0 Å². The van der Waals surface area contributed by atoms with Crippen LogP contribution in [0, 0.1) is 10.1 Å². The van der Waals surface area contributed by atoms with Gasteiger partial charge in [0, 0.05) is 6.04 Å². The number of nitrogens with zero attached hydrogens (tertiary/aromatic N) is 1. The Kier molecular flexibility index (Phi) is 6.00. The predicted molar refractivity (Wildman–Crippen MR) is 53.8 cm³/mol. The van der Waals surface area contributed by atoms with Crippen molar-refractivity contribution in [3.05, 3.63) is 46.0 Å². The van der Waals surface area contributed by atoms with Crippen LogP contribution in [0.1, 0.15) is 18.6 Å². The van der Waals surface area contributed by atoms with Crippen LogP contribution in [0.4, 0.5) is 0 Å². The molecular weight excluding hydrogens is 200 g/mol. The van der Waals surface area contributed by atoms with E-state index in [0.717, 1.165) is 5.56 Å². The number of nitrogens with two attached hydrogens (primary N) is 1. The van der Waals surface area contributed by atoms with Gasteiger partial charge in [-0.3, -0.25) is 0 Å². The zero-order valence-electron chi connectivity index (χ0n) is 8.28. The van der Waals surface area contributed by atoms with Crippen LogP contribution >= 0.6 is 0 Å². The largest absolute Gasteiger partial charge is 0.387 e.